The van der Waals surface area contributed by atoms with Gasteiger partial charge in [-0.2, -0.15) is 0 Å². The molecule has 1 N–H and O–H groups in total. The van der Waals surface area contributed by atoms with Gasteiger partial charge in [0, 0.05) is 11.5 Å². The predicted molar refractivity (Wildman–Crippen MR) is 64.3 cm³/mol. The summed E-state index contributed by atoms with van der Waals surface area (Å²) in [5.41, 5.74) is 0.596. The Labute approximate surface area is 103 Å². The Kier molecular flexibility index (Phi) is 3.67. The molecule has 0 spiro atoms. The van der Waals surface area contributed by atoms with Crippen molar-refractivity contribution >= 4 is 40.3 Å². The van der Waals surface area contributed by atoms with E-state index in [9.17, 15) is 4.79 Å². The van der Waals surface area contributed by atoms with E-state index in [0.29, 0.717) is 14.2 Å². The highest BCUT2D eigenvalue weighted by molar-refractivity contribution is 7.20. The second kappa shape index (κ2) is 4.83. The standard InChI is InChI=1S/C10H11Cl2NOS/c11-8-5-7(10(12)15-8)9(14)6-1-3-13-4-2-6/h5-6,13H,1-4H2. The van der Waals surface area contributed by atoms with Gasteiger partial charge in [0.25, 0.3) is 0 Å². The Balaban J connectivity index is 2.16. The van der Waals surface area contributed by atoms with Gasteiger partial charge in [-0.3, -0.25) is 4.79 Å². The Morgan fingerprint density at radius 3 is 2.60 bits per heavy atom. The number of nitrogens with one attached hydrogen (secondary N) is 1. The van der Waals surface area contributed by atoms with Crippen molar-refractivity contribution in [3.63, 3.8) is 0 Å². The second-order valence-corrected chi connectivity index (χ2v) is 5.91. The zero-order valence-electron chi connectivity index (χ0n) is 8.06. The molecule has 82 valence electrons. The molecule has 2 rings (SSSR count). The maximum absolute atomic E-state index is 12.1. The van der Waals surface area contributed by atoms with Crippen molar-refractivity contribution in [1.82, 2.24) is 5.32 Å². The van der Waals surface area contributed by atoms with E-state index < -0.39 is 0 Å². The van der Waals surface area contributed by atoms with Crippen LogP contribution in [0.3, 0.4) is 0 Å². The first-order valence-corrected chi connectivity index (χ1v) is 6.45. The minimum atomic E-state index is 0.106. The summed E-state index contributed by atoms with van der Waals surface area (Å²) in [6.07, 6.45) is 1.78. The molecule has 1 aromatic heterocycles. The minimum absolute atomic E-state index is 0.106. The average molecular weight is 264 g/mol. The van der Waals surface area contributed by atoms with Crippen molar-refractivity contribution in [3.8, 4) is 0 Å². The van der Waals surface area contributed by atoms with E-state index in [1.807, 2.05) is 0 Å². The van der Waals surface area contributed by atoms with Crippen LogP contribution >= 0.6 is 34.5 Å². The second-order valence-electron chi connectivity index (χ2n) is 3.63. The van der Waals surface area contributed by atoms with Crippen molar-refractivity contribution in [2.75, 3.05) is 13.1 Å². The van der Waals surface area contributed by atoms with Gasteiger partial charge in [-0.05, 0) is 32.0 Å². The third-order valence-electron chi connectivity index (χ3n) is 2.63. The monoisotopic (exact) mass is 263 g/mol. The topological polar surface area (TPSA) is 29.1 Å². The van der Waals surface area contributed by atoms with Crippen LogP contribution in [0, 0.1) is 5.92 Å². The summed E-state index contributed by atoms with van der Waals surface area (Å²) in [5.74, 6) is 0.249. The molecule has 1 aliphatic rings. The molecular weight excluding hydrogens is 253 g/mol. The van der Waals surface area contributed by atoms with Gasteiger partial charge in [0.1, 0.15) is 4.34 Å². The fourth-order valence-corrected chi connectivity index (χ4v) is 3.29. The first kappa shape index (κ1) is 11.4. The molecule has 0 aromatic carbocycles. The number of halogens is 2. The van der Waals surface area contributed by atoms with Gasteiger partial charge >= 0.3 is 0 Å². The summed E-state index contributed by atoms with van der Waals surface area (Å²) in [5, 5.41) is 3.23. The third kappa shape index (κ3) is 2.53. The van der Waals surface area contributed by atoms with Gasteiger partial charge in [0.2, 0.25) is 0 Å². The quantitative estimate of drug-likeness (QED) is 0.831. The molecule has 0 aliphatic carbocycles. The molecule has 1 saturated heterocycles. The highest BCUT2D eigenvalue weighted by atomic mass is 35.5. The van der Waals surface area contributed by atoms with Gasteiger partial charge in [0.05, 0.1) is 4.34 Å². The zero-order valence-corrected chi connectivity index (χ0v) is 10.4. The molecule has 0 atom stereocenters. The van der Waals surface area contributed by atoms with Crippen molar-refractivity contribution in [1.29, 1.82) is 0 Å². The number of carbonyl (C=O) groups is 1. The summed E-state index contributed by atoms with van der Waals surface area (Å²) in [6.45, 7) is 1.82. The van der Waals surface area contributed by atoms with E-state index in [1.54, 1.807) is 6.07 Å². The first-order chi connectivity index (χ1) is 7.18. The van der Waals surface area contributed by atoms with Gasteiger partial charge in [-0.1, -0.05) is 23.2 Å². The Bertz CT molecular complexity index is 371. The first-order valence-electron chi connectivity index (χ1n) is 4.88. The van der Waals surface area contributed by atoms with E-state index >= 15 is 0 Å². The summed E-state index contributed by atoms with van der Waals surface area (Å²) < 4.78 is 1.10. The molecule has 2 heterocycles. The minimum Gasteiger partial charge on any atom is -0.317 e. The number of rotatable bonds is 2. The molecule has 1 fully saturated rings. The van der Waals surface area contributed by atoms with Crippen LogP contribution in [-0.4, -0.2) is 18.9 Å². The van der Waals surface area contributed by atoms with E-state index in [2.05, 4.69) is 5.32 Å². The number of piperidine rings is 1. The van der Waals surface area contributed by atoms with Crippen molar-refractivity contribution in [2.24, 2.45) is 5.92 Å². The fourth-order valence-electron chi connectivity index (χ4n) is 1.81. The lowest BCUT2D eigenvalue weighted by molar-refractivity contribution is 0.0895. The number of carbonyl (C=O) groups excluding carboxylic acids is 1. The van der Waals surface area contributed by atoms with E-state index in [0.717, 1.165) is 25.9 Å². The molecule has 2 nitrogen and oxygen atoms in total. The number of ketones is 1. The van der Waals surface area contributed by atoms with Crippen LogP contribution in [0.2, 0.25) is 8.67 Å². The molecule has 5 heteroatoms. The average Bonchev–Trinajstić information content (AvgIpc) is 2.58. The number of thiophene rings is 1. The summed E-state index contributed by atoms with van der Waals surface area (Å²) in [4.78, 5) is 12.1. The van der Waals surface area contributed by atoms with Crippen LogP contribution < -0.4 is 5.32 Å². The fraction of sp³-hybridized carbons (Fsp3) is 0.500. The molecule has 1 aliphatic heterocycles. The van der Waals surface area contributed by atoms with Gasteiger partial charge in [0.15, 0.2) is 5.78 Å². The van der Waals surface area contributed by atoms with Gasteiger partial charge in [-0.15, -0.1) is 11.3 Å². The van der Waals surface area contributed by atoms with Crippen molar-refractivity contribution in [2.45, 2.75) is 12.8 Å². The number of hydrogen-bond donors (Lipinski definition) is 1. The van der Waals surface area contributed by atoms with Gasteiger partial charge in [-0.25, -0.2) is 0 Å². The smallest absolute Gasteiger partial charge is 0.168 e. The van der Waals surface area contributed by atoms with Crippen LogP contribution in [0.15, 0.2) is 6.07 Å². The molecule has 0 radical (unpaired) electrons. The van der Waals surface area contributed by atoms with Crippen LogP contribution in [0.25, 0.3) is 0 Å². The lowest BCUT2D eigenvalue weighted by Crippen LogP contribution is -2.31. The maximum Gasteiger partial charge on any atom is 0.168 e. The van der Waals surface area contributed by atoms with Crippen molar-refractivity contribution < 1.29 is 4.79 Å². The zero-order chi connectivity index (χ0) is 10.8. The molecule has 0 bridgehead atoms. The Morgan fingerprint density at radius 1 is 1.40 bits per heavy atom. The molecule has 15 heavy (non-hydrogen) atoms. The SMILES string of the molecule is O=C(c1cc(Cl)sc1Cl)C1CCNCC1. The summed E-state index contributed by atoms with van der Waals surface area (Å²) in [6, 6.07) is 1.68. The molecule has 1 aromatic rings. The maximum atomic E-state index is 12.1. The highest BCUT2D eigenvalue weighted by Crippen LogP contribution is 2.33. The summed E-state index contributed by atoms with van der Waals surface area (Å²) >= 11 is 13.0. The van der Waals surface area contributed by atoms with Crippen LogP contribution in [-0.2, 0) is 0 Å². The predicted octanol–water partition coefficient (Wildman–Crippen LogP) is 3.24. The van der Waals surface area contributed by atoms with Crippen molar-refractivity contribution in [3.05, 3.63) is 20.3 Å². The number of hydrogen-bond acceptors (Lipinski definition) is 3. The summed E-state index contributed by atoms with van der Waals surface area (Å²) in [7, 11) is 0. The van der Waals surface area contributed by atoms with E-state index in [4.69, 9.17) is 23.2 Å². The third-order valence-corrected chi connectivity index (χ3v) is 4.12. The Morgan fingerprint density at radius 2 is 2.07 bits per heavy atom. The number of Topliss-reactive ketones (excluding diaryl/α,β-unsaturated/α-hetero) is 1. The van der Waals surface area contributed by atoms with Gasteiger partial charge < -0.3 is 5.32 Å². The molecular formula is C10H11Cl2NOS. The lowest BCUT2D eigenvalue weighted by atomic mass is 9.91. The normalized spacial score (nSPS) is 18.0. The largest absolute Gasteiger partial charge is 0.317 e. The van der Waals surface area contributed by atoms with E-state index in [1.165, 1.54) is 11.3 Å². The lowest BCUT2D eigenvalue weighted by Gasteiger charge is -2.20. The molecule has 0 saturated carbocycles. The molecule has 0 unspecified atom stereocenters. The van der Waals surface area contributed by atoms with Crippen LogP contribution in [0.1, 0.15) is 23.2 Å². The molecule has 0 amide bonds. The Hall–Kier alpha value is -0.0900. The van der Waals surface area contributed by atoms with E-state index in [-0.39, 0.29) is 11.7 Å². The van der Waals surface area contributed by atoms with Crippen LogP contribution in [0.4, 0.5) is 0 Å². The highest BCUT2D eigenvalue weighted by Gasteiger charge is 2.25. The van der Waals surface area contributed by atoms with Crippen LogP contribution in [0.5, 0.6) is 0 Å².